The number of imidazole rings is 1. The maximum absolute atomic E-state index is 5.58. The van der Waals surface area contributed by atoms with Gasteiger partial charge in [0.1, 0.15) is 5.82 Å². The van der Waals surface area contributed by atoms with Crippen molar-refractivity contribution < 1.29 is 0 Å². The highest BCUT2D eigenvalue weighted by Gasteiger charge is 2.08. The molecule has 0 amide bonds. The summed E-state index contributed by atoms with van der Waals surface area (Å²) in [4.78, 5) is 6.56. The number of nitrogens with two attached hydrogens (primary N) is 1. The Kier molecular flexibility index (Phi) is 3.67. The van der Waals surface area contributed by atoms with Crippen LogP contribution in [0.5, 0.6) is 0 Å². The fourth-order valence-electron chi connectivity index (χ4n) is 2.00. The van der Waals surface area contributed by atoms with Crippen LogP contribution in [0, 0.1) is 0 Å². The third-order valence-electron chi connectivity index (χ3n) is 3.13. The van der Waals surface area contributed by atoms with E-state index >= 15 is 0 Å². The van der Waals surface area contributed by atoms with Crippen LogP contribution in [-0.4, -0.2) is 30.2 Å². The van der Waals surface area contributed by atoms with Gasteiger partial charge in [-0.3, -0.25) is 0 Å². The summed E-state index contributed by atoms with van der Waals surface area (Å²) >= 11 is 0. The number of nitrogens with zero attached hydrogens (tertiary/aromatic N) is 3. The van der Waals surface area contributed by atoms with Gasteiger partial charge in [-0.05, 0) is 30.8 Å². The van der Waals surface area contributed by atoms with Gasteiger partial charge in [0.25, 0.3) is 0 Å². The predicted octanol–water partition coefficient (Wildman–Crippen LogP) is 1.65. The van der Waals surface area contributed by atoms with E-state index in [1.54, 1.807) is 0 Å². The first-order valence-corrected chi connectivity index (χ1v) is 6.12. The number of hydrogen-bond acceptors (Lipinski definition) is 3. The fourth-order valence-corrected chi connectivity index (χ4v) is 2.00. The molecule has 96 valence electrons. The molecule has 0 unspecified atom stereocenters. The van der Waals surface area contributed by atoms with Gasteiger partial charge >= 0.3 is 0 Å². The van der Waals surface area contributed by atoms with Crippen LogP contribution in [0.1, 0.15) is 5.69 Å². The third-order valence-corrected chi connectivity index (χ3v) is 3.13. The normalized spacial score (nSPS) is 10.7. The highest BCUT2D eigenvalue weighted by Crippen LogP contribution is 2.21. The van der Waals surface area contributed by atoms with Crippen molar-refractivity contribution >= 4 is 5.69 Å². The maximum atomic E-state index is 5.58. The lowest BCUT2D eigenvalue weighted by atomic mass is 10.2. The summed E-state index contributed by atoms with van der Waals surface area (Å²) in [6, 6.07) is 8.41. The summed E-state index contributed by atoms with van der Waals surface area (Å²) in [6.45, 7) is 0.651. The summed E-state index contributed by atoms with van der Waals surface area (Å²) in [5.74, 6) is 0.990. The van der Waals surface area contributed by atoms with E-state index in [0.29, 0.717) is 6.54 Å². The minimum atomic E-state index is 0.651. The van der Waals surface area contributed by atoms with Crippen LogP contribution in [0.15, 0.2) is 30.5 Å². The first-order chi connectivity index (χ1) is 8.63. The Bertz CT molecular complexity index is 511. The van der Waals surface area contributed by atoms with E-state index in [0.717, 1.165) is 17.8 Å². The van der Waals surface area contributed by atoms with Crippen molar-refractivity contribution in [3.63, 3.8) is 0 Å². The summed E-state index contributed by atoms with van der Waals surface area (Å²) in [6.07, 6.45) is 2.77. The molecule has 0 aliphatic carbocycles. The number of benzene rings is 1. The van der Waals surface area contributed by atoms with Crippen LogP contribution in [0.4, 0.5) is 5.69 Å². The standard InChI is InChI=1S/C14H20N4/c1-17(2)12-6-4-11(5-7-12)14-16-10-13(8-9-15)18(14)3/h4-7,10H,8-9,15H2,1-3H3. The lowest BCUT2D eigenvalue weighted by molar-refractivity contribution is 0.811. The molecule has 2 N–H and O–H groups in total. The van der Waals surface area contributed by atoms with Crippen LogP contribution in [-0.2, 0) is 13.5 Å². The van der Waals surface area contributed by atoms with Crippen molar-refractivity contribution in [3.05, 3.63) is 36.2 Å². The number of aromatic nitrogens is 2. The lowest BCUT2D eigenvalue weighted by Gasteiger charge is -2.12. The highest BCUT2D eigenvalue weighted by molar-refractivity contribution is 5.61. The van der Waals surface area contributed by atoms with Gasteiger partial charge in [0.2, 0.25) is 0 Å². The molecule has 1 aromatic carbocycles. The zero-order valence-electron chi connectivity index (χ0n) is 11.2. The Hall–Kier alpha value is -1.81. The van der Waals surface area contributed by atoms with Crippen LogP contribution < -0.4 is 10.6 Å². The van der Waals surface area contributed by atoms with Gasteiger partial charge in [0.05, 0.1) is 0 Å². The fraction of sp³-hybridized carbons (Fsp3) is 0.357. The van der Waals surface area contributed by atoms with Crippen molar-refractivity contribution in [2.24, 2.45) is 12.8 Å². The second-order valence-electron chi connectivity index (χ2n) is 4.61. The van der Waals surface area contributed by atoms with Crippen molar-refractivity contribution in [2.75, 3.05) is 25.5 Å². The molecule has 2 aromatic rings. The molecule has 0 saturated heterocycles. The monoisotopic (exact) mass is 244 g/mol. The van der Waals surface area contributed by atoms with E-state index in [4.69, 9.17) is 5.73 Å². The molecule has 0 aliphatic heterocycles. The summed E-state index contributed by atoms with van der Waals surface area (Å²) < 4.78 is 2.11. The number of hydrogen-bond donors (Lipinski definition) is 1. The molecule has 0 bridgehead atoms. The molecule has 0 fully saturated rings. The minimum absolute atomic E-state index is 0.651. The Labute approximate surface area is 108 Å². The van der Waals surface area contributed by atoms with Crippen molar-refractivity contribution in [1.82, 2.24) is 9.55 Å². The quantitative estimate of drug-likeness (QED) is 0.889. The van der Waals surface area contributed by atoms with Crippen molar-refractivity contribution in [1.29, 1.82) is 0 Å². The molecule has 0 atom stereocenters. The highest BCUT2D eigenvalue weighted by atomic mass is 15.1. The molecule has 0 aliphatic rings. The summed E-state index contributed by atoms with van der Waals surface area (Å²) in [7, 11) is 6.11. The Morgan fingerprint density at radius 1 is 1.22 bits per heavy atom. The van der Waals surface area contributed by atoms with Crippen molar-refractivity contribution in [2.45, 2.75) is 6.42 Å². The SMILES string of the molecule is CN(C)c1ccc(-c2ncc(CCN)n2C)cc1. The van der Waals surface area contributed by atoms with Crippen LogP contribution >= 0.6 is 0 Å². The van der Waals surface area contributed by atoms with Crippen LogP contribution in [0.25, 0.3) is 11.4 Å². The van der Waals surface area contributed by atoms with Gasteiger partial charge in [-0.1, -0.05) is 0 Å². The van der Waals surface area contributed by atoms with Gasteiger partial charge in [0.15, 0.2) is 0 Å². The van der Waals surface area contributed by atoms with Gasteiger partial charge in [-0.15, -0.1) is 0 Å². The largest absolute Gasteiger partial charge is 0.378 e. The summed E-state index contributed by atoms with van der Waals surface area (Å²) in [5, 5.41) is 0. The third kappa shape index (κ3) is 2.38. The molecule has 1 heterocycles. The van der Waals surface area contributed by atoms with E-state index in [2.05, 4.69) is 38.7 Å². The number of anilines is 1. The van der Waals surface area contributed by atoms with Gasteiger partial charge in [-0.25, -0.2) is 4.98 Å². The van der Waals surface area contributed by atoms with E-state index in [-0.39, 0.29) is 0 Å². The van der Waals surface area contributed by atoms with Gasteiger partial charge < -0.3 is 15.2 Å². The lowest BCUT2D eigenvalue weighted by Crippen LogP contribution is -2.08. The van der Waals surface area contributed by atoms with Gasteiger partial charge in [0, 0.05) is 50.7 Å². The molecule has 0 saturated carbocycles. The molecule has 4 heteroatoms. The van der Waals surface area contributed by atoms with E-state index < -0.39 is 0 Å². The Morgan fingerprint density at radius 2 is 1.89 bits per heavy atom. The van der Waals surface area contributed by atoms with E-state index in [1.807, 2.05) is 27.3 Å². The average molecular weight is 244 g/mol. The molecule has 2 rings (SSSR count). The van der Waals surface area contributed by atoms with Crippen LogP contribution in [0.3, 0.4) is 0 Å². The smallest absolute Gasteiger partial charge is 0.139 e. The van der Waals surface area contributed by atoms with Crippen molar-refractivity contribution in [3.8, 4) is 11.4 Å². The summed E-state index contributed by atoms with van der Waals surface area (Å²) in [5.41, 5.74) is 9.08. The molecular weight excluding hydrogens is 224 g/mol. The maximum Gasteiger partial charge on any atom is 0.139 e. The zero-order chi connectivity index (χ0) is 13.1. The van der Waals surface area contributed by atoms with E-state index in [1.165, 1.54) is 11.4 Å². The molecule has 18 heavy (non-hydrogen) atoms. The second kappa shape index (κ2) is 5.23. The molecule has 1 aromatic heterocycles. The van der Waals surface area contributed by atoms with Gasteiger partial charge in [-0.2, -0.15) is 0 Å². The second-order valence-corrected chi connectivity index (χ2v) is 4.61. The average Bonchev–Trinajstić information content (AvgIpc) is 2.72. The molecule has 0 radical (unpaired) electrons. The Balaban J connectivity index is 2.31. The predicted molar refractivity (Wildman–Crippen MR) is 75.7 cm³/mol. The minimum Gasteiger partial charge on any atom is -0.378 e. The number of rotatable bonds is 4. The molecule has 4 nitrogen and oxygen atoms in total. The van der Waals surface area contributed by atoms with Crippen LogP contribution in [0.2, 0.25) is 0 Å². The molecule has 0 spiro atoms. The van der Waals surface area contributed by atoms with E-state index in [9.17, 15) is 0 Å². The first-order valence-electron chi connectivity index (χ1n) is 6.12. The molecular formula is C14H20N4. The zero-order valence-corrected chi connectivity index (χ0v) is 11.2. The first kappa shape index (κ1) is 12.6. The Morgan fingerprint density at radius 3 is 2.44 bits per heavy atom. The topological polar surface area (TPSA) is 47.1 Å².